The molecule has 154 valence electrons. The standard InChI is InChI=1S/C24H24N2O4/c1-14-4-5-18-20(11-22(27)30-23(18)15(14)2)21-10-19-17(12-25-16(3)24(19)29-21)13-26-6-8-28-9-7-26/h4-5,10-12H,6-9,13H2,1-3H3. The summed E-state index contributed by atoms with van der Waals surface area (Å²) in [5.74, 6) is 0.658. The third-order valence-corrected chi connectivity index (χ3v) is 6.02. The van der Waals surface area contributed by atoms with Crippen molar-refractivity contribution in [1.29, 1.82) is 0 Å². The third-order valence-electron chi connectivity index (χ3n) is 6.02. The van der Waals surface area contributed by atoms with Crippen LogP contribution >= 0.6 is 0 Å². The second kappa shape index (κ2) is 7.38. The molecule has 1 aromatic carbocycles. The quantitative estimate of drug-likeness (QED) is 0.473. The van der Waals surface area contributed by atoms with Crippen molar-refractivity contribution in [2.24, 2.45) is 0 Å². The number of ether oxygens (including phenoxy) is 1. The summed E-state index contributed by atoms with van der Waals surface area (Å²) in [7, 11) is 0. The number of benzene rings is 1. The minimum Gasteiger partial charge on any atom is -0.454 e. The summed E-state index contributed by atoms with van der Waals surface area (Å²) < 4.78 is 17.3. The molecule has 4 aromatic rings. The van der Waals surface area contributed by atoms with E-state index < -0.39 is 0 Å². The lowest BCUT2D eigenvalue weighted by Gasteiger charge is -2.26. The molecule has 3 aromatic heterocycles. The van der Waals surface area contributed by atoms with Crippen molar-refractivity contribution in [1.82, 2.24) is 9.88 Å². The van der Waals surface area contributed by atoms with Gasteiger partial charge in [-0.15, -0.1) is 0 Å². The summed E-state index contributed by atoms with van der Waals surface area (Å²) in [6.45, 7) is 10.0. The van der Waals surface area contributed by atoms with Crippen LogP contribution < -0.4 is 5.63 Å². The Kier molecular flexibility index (Phi) is 4.68. The molecule has 6 nitrogen and oxygen atoms in total. The lowest BCUT2D eigenvalue weighted by Crippen LogP contribution is -2.35. The van der Waals surface area contributed by atoms with Crippen LogP contribution in [0.2, 0.25) is 0 Å². The second-order valence-corrected chi connectivity index (χ2v) is 7.97. The molecule has 0 bridgehead atoms. The molecule has 30 heavy (non-hydrogen) atoms. The zero-order valence-electron chi connectivity index (χ0n) is 17.4. The van der Waals surface area contributed by atoms with E-state index in [1.807, 2.05) is 45.2 Å². The number of pyridine rings is 1. The number of rotatable bonds is 3. The number of morpholine rings is 1. The van der Waals surface area contributed by atoms with Crippen LogP contribution in [0.25, 0.3) is 33.3 Å². The molecule has 0 radical (unpaired) electrons. The first-order chi connectivity index (χ1) is 14.5. The van der Waals surface area contributed by atoms with Gasteiger partial charge in [0.2, 0.25) is 0 Å². The summed E-state index contributed by atoms with van der Waals surface area (Å²) in [5, 5.41) is 1.91. The minimum atomic E-state index is -0.380. The van der Waals surface area contributed by atoms with E-state index in [9.17, 15) is 4.79 Å². The highest BCUT2D eigenvalue weighted by molar-refractivity contribution is 5.97. The van der Waals surface area contributed by atoms with Crippen molar-refractivity contribution >= 4 is 21.9 Å². The van der Waals surface area contributed by atoms with Crippen molar-refractivity contribution in [2.75, 3.05) is 26.3 Å². The first-order valence-corrected chi connectivity index (χ1v) is 10.2. The molecular formula is C24H24N2O4. The smallest absolute Gasteiger partial charge is 0.336 e. The van der Waals surface area contributed by atoms with Crippen molar-refractivity contribution in [3.63, 3.8) is 0 Å². The van der Waals surface area contributed by atoms with E-state index >= 15 is 0 Å². The average molecular weight is 404 g/mol. The van der Waals surface area contributed by atoms with Gasteiger partial charge < -0.3 is 13.6 Å². The van der Waals surface area contributed by atoms with Gasteiger partial charge >= 0.3 is 5.63 Å². The molecular weight excluding hydrogens is 380 g/mol. The Morgan fingerprint density at radius 2 is 1.80 bits per heavy atom. The van der Waals surface area contributed by atoms with Gasteiger partial charge in [0, 0.05) is 48.2 Å². The highest BCUT2D eigenvalue weighted by Gasteiger charge is 2.19. The zero-order chi connectivity index (χ0) is 20.8. The molecule has 0 atom stereocenters. The average Bonchev–Trinajstić information content (AvgIpc) is 3.20. The SMILES string of the molecule is Cc1ccc2c(-c3cc4c(CN5CCOCC5)cnc(C)c4o3)cc(=O)oc2c1C. The van der Waals surface area contributed by atoms with E-state index in [4.69, 9.17) is 13.6 Å². The molecule has 0 unspecified atom stereocenters. The lowest BCUT2D eigenvalue weighted by molar-refractivity contribution is 0.0343. The first-order valence-electron chi connectivity index (χ1n) is 10.2. The number of fused-ring (bicyclic) bond motifs is 2. The fourth-order valence-corrected chi connectivity index (χ4v) is 4.12. The molecule has 4 heterocycles. The Hall–Kier alpha value is -2.96. The van der Waals surface area contributed by atoms with Crippen LogP contribution in [0.5, 0.6) is 0 Å². The maximum Gasteiger partial charge on any atom is 0.336 e. The van der Waals surface area contributed by atoms with Gasteiger partial charge in [0.1, 0.15) is 11.3 Å². The summed E-state index contributed by atoms with van der Waals surface area (Å²) in [6.07, 6.45) is 1.93. The minimum absolute atomic E-state index is 0.380. The summed E-state index contributed by atoms with van der Waals surface area (Å²) in [4.78, 5) is 19.2. The number of hydrogen-bond donors (Lipinski definition) is 0. The van der Waals surface area contributed by atoms with Crippen LogP contribution in [0.15, 0.2) is 44.1 Å². The molecule has 1 aliphatic rings. The van der Waals surface area contributed by atoms with E-state index in [1.165, 1.54) is 6.07 Å². The number of nitrogens with zero attached hydrogens (tertiary/aromatic N) is 2. The van der Waals surface area contributed by atoms with Crippen LogP contribution in [0.4, 0.5) is 0 Å². The summed E-state index contributed by atoms with van der Waals surface area (Å²) >= 11 is 0. The van der Waals surface area contributed by atoms with Gasteiger partial charge in [0.25, 0.3) is 0 Å². The van der Waals surface area contributed by atoms with Crippen LogP contribution in [0.1, 0.15) is 22.4 Å². The first kappa shape index (κ1) is 19.0. The molecule has 0 N–H and O–H groups in total. The second-order valence-electron chi connectivity index (χ2n) is 7.97. The molecule has 0 aliphatic carbocycles. The monoisotopic (exact) mass is 404 g/mol. The Morgan fingerprint density at radius 3 is 2.60 bits per heavy atom. The Morgan fingerprint density at radius 1 is 1.00 bits per heavy atom. The van der Waals surface area contributed by atoms with Crippen LogP contribution in [-0.4, -0.2) is 36.2 Å². The molecule has 0 saturated carbocycles. The fraction of sp³-hybridized carbons (Fsp3) is 0.333. The van der Waals surface area contributed by atoms with E-state index in [0.717, 1.165) is 77.2 Å². The zero-order valence-corrected chi connectivity index (χ0v) is 17.4. The Labute approximate surface area is 174 Å². The largest absolute Gasteiger partial charge is 0.454 e. The molecule has 1 fully saturated rings. The predicted octanol–water partition coefficient (Wildman–Crippen LogP) is 4.36. The maximum atomic E-state index is 12.3. The van der Waals surface area contributed by atoms with Gasteiger partial charge in [-0.25, -0.2) is 4.79 Å². The van der Waals surface area contributed by atoms with Gasteiger partial charge in [-0.05, 0) is 43.5 Å². The molecule has 0 amide bonds. The van der Waals surface area contributed by atoms with Gasteiger partial charge in [0.15, 0.2) is 5.58 Å². The number of hydrogen-bond acceptors (Lipinski definition) is 6. The highest BCUT2D eigenvalue weighted by Crippen LogP contribution is 2.35. The molecule has 6 heteroatoms. The Bertz CT molecular complexity index is 1310. The fourth-order valence-electron chi connectivity index (χ4n) is 4.12. The summed E-state index contributed by atoms with van der Waals surface area (Å²) in [6, 6.07) is 7.58. The normalized spacial score (nSPS) is 15.3. The van der Waals surface area contributed by atoms with Crippen molar-refractivity contribution in [3.05, 3.63) is 63.3 Å². The maximum absolute atomic E-state index is 12.3. The van der Waals surface area contributed by atoms with Crippen molar-refractivity contribution in [3.8, 4) is 11.3 Å². The highest BCUT2D eigenvalue weighted by atomic mass is 16.5. The molecule has 5 rings (SSSR count). The Balaban J connectivity index is 1.67. The van der Waals surface area contributed by atoms with Crippen LogP contribution in [-0.2, 0) is 11.3 Å². The van der Waals surface area contributed by atoms with Crippen LogP contribution in [0, 0.1) is 20.8 Å². The molecule has 1 saturated heterocycles. The lowest BCUT2D eigenvalue weighted by atomic mass is 10.0. The van der Waals surface area contributed by atoms with E-state index in [1.54, 1.807) is 0 Å². The third kappa shape index (κ3) is 3.22. The van der Waals surface area contributed by atoms with Gasteiger partial charge in [-0.1, -0.05) is 12.1 Å². The number of aryl methyl sites for hydroxylation is 3. The molecule has 0 spiro atoms. The summed E-state index contributed by atoms with van der Waals surface area (Å²) in [5.41, 5.74) is 5.75. The van der Waals surface area contributed by atoms with Crippen molar-refractivity contribution in [2.45, 2.75) is 27.3 Å². The van der Waals surface area contributed by atoms with Crippen LogP contribution in [0.3, 0.4) is 0 Å². The van der Waals surface area contributed by atoms with E-state index in [-0.39, 0.29) is 5.63 Å². The van der Waals surface area contributed by atoms with E-state index in [2.05, 4.69) is 9.88 Å². The van der Waals surface area contributed by atoms with Gasteiger partial charge in [-0.3, -0.25) is 9.88 Å². The predicted molar refractivity (Wildman–Crippen MR) is 116 cm³/mol. The van der Waals surface area contributed by atoms with Gasteiger partial charge in [0.05, 0.1) is 18.9 Å². The van der Waals surface area contributed by atoms with Crippen molar-refractivity contribution < 1.29 is 13.6 Å². The number of furan rings is 1. The number of aromatic nitrogens is 1. The van der Waals surface area contributed by atoms with E-state index in [0.29, 0.717) is 11.3 Å². The molecule has 1 aliphatic heterocycles. The topological polar surface area (TPSA) is 68.7 Å². The van der Waals surface area contributed by atoms with Gasteiger partial charge in [-0.2, -0.15) is 0 Å².